The van der Waals surface area contributed by atoms with Gasteiger partial charge in [-0.3, -0.25) is 9.59 Å². The standard InChI is InChI=1S/C24H21FN4O4/c25-18-3-1-2-17(12-18)24(31)29-10-8-28(9-11-29)22-7-5-19(14-26-22)27-23(30)16-4-6-20-21(13-16)33-15-32-20/h1-7,12-14H,8-11,15H2,(H,27,30). The molecule has 0 aliphatic carbocycles. The van der Waals surface area contributed by atoms with Gasteiger partial charge in [-0.05, 0) is 48.5 Å². The van der Waals surface area contributed by atoms with Crippen molar-refractivity contribution >= 4 is 23.3 Å². The van der Waals surface area contributed by atoms with Crippen LogP contribution in [0, 0.1) is 5.82 Å². The molecule has 0 bridgehead atoms. The van der Waals surface area contributed by atoms with Gasteiger partial charge in [-0.15, -0.1) is 0 Å². The molecule has 2 aromatic carbocycles. The van der Waals surface area contributed by atoms with Crippen LogP contribution in [0.25, 0.3) is 0 Å². The van der Waals surface area contributed by atoms with Gasteiger partial charge in [0.1, 0.15) is 11.6 Å². The first kappa shape index (κ1) is 20.7. The van der Waals surface area contributed by atoms with E-state index in [-0.39, 0.29) is 18.6 Å². The minimum atomic E-state index is -0.422. The molecule has 5 rings (SSSR count). The lowest BCUT2D eigenvalue weighted by molar-refractivity contribution is 0.0746. The number of amides is 2. The molecule has 8 nitrogen and oxygen atoms in total. The summed E-state index contributed by atoms with van der Waals surface area (Å²) in [6, 6.07) is 14.4. The summed E-state index contributed by atoms with van der Waals surface area (Å²) in [5.74, 6) is 1.06. The Morgan fingerprint density at radius 3 is 2.48 bits per heavy atom. The molecule has 0 spiro atoms. The summed E-state index contributed by atoms with van der Waals surface area (Å²) in [5, 5.41) is 2.82. The van der Waals surface area contributed by atoms with E-state index in [0.717, 1.165) is 5.82 Å². The number of ether oxygens (including phenoxy) is 2. The van der Waals surface area contributed by atoms with E-state index in [1.165, 1.54) is 18.2 Å². The van der Waals surface area contributed by atoms with Gasteiger partial charge in [0.15, 0.2) is 11.5 Å². The van der Waals surface area contributed by atoms with Crippen molar-refractivity contribution in [2.45, 2.75) is 0 Å². The number of hydrogen-bond donors (Lipinski definition) is 1. The molecule has 0 unspecified atom stereocenters. The lowest BCUT2D eigenvalue weighted by atomic mass is 10.1. The number of carbonyl (C=O) groups is 2. The van der Waals surface area contributed by atoms with Crippen LogP contribution in [0.15, 0.2) is 60.8 Å². The highest BCUT2D eigenvalue weighted by Crippen LogP contribution is 2.32. The molecule has 2 aliphatic heterocycles. The third-order valence-electron chi connectivity index (χ3n) is 5.60. The van der Waals surface area contributed by atoms with Crippen molar-refractivity contribution in [3.8, 4) is 11.5 Å². The van der Waals surface area contributed by atoms with Crippen LogP contribution in [-0.4, -0.2) is 54.7 Å². The molecule has 3 heterocycles. The molecule has 33 heavy (non-hydrogen) atoms. The number of pyridine rings is 1. The molecule has 168 valence electrons. The van der Waals surface area contributed by atoms with Gasteiger partial charge in [-0.2, -0.15) is 0 Å². The zero-order valence-corrected chi connectivity index (χ0v) is 17.7. The van der Waals surface area contributed by atoms with Crippen LogP contribution < -0.4 is 19.7 Å². The highest BCUT2D eigenvalue weighted by atomic mass is 19.1. The number of nitrogens with one attached hydrogen (secondary N) is 1. The van der Waals surface area contributed by atoms with Gasteiger partial charge in [0, 0.05) is 37.3 Å². The van der Waals surface area contributed by atoms with Crippen LogP contribution in [0.4, 0.5) is 15.9 Å². The van der Waals surface area contributed by atoms with Crippen molar-refractivity contribution in [2.24, 2.45) is 0 Å². The van der Waals surface area contributed by atoms with E-state index in [1.807, 2.05) is 6.07 Å². The highest BCUT2D eigenvalue weighted by Gasteiger charge is 2.23. The first-order chi connectivity index (χ1) is 16.1. The molecule has 9 heteroatoms. The highest BCUT2D eigenvalue weighted by molar-refractivity contribution is 6.04. The predicted molar refractivity (Wildman–Crippen MR) is 119 cm³/mol. The van der Waals surface area contributed by atoms with E-state index in [4.69, 9.17) is 9.47 Å². The second-order valence-corrected chi connectivity index (χ2v) is 7.72. The summed E-state index contributed by atoms with van der Waals surface area (Å²) >= 11 is 0. The number of carbonyl (C=O) groups excluding carboxylic acids is 2. The Labute approximate surface area is 189 Å². The number of benzene rings is 2. The number of nitrogens with zero attached hydrogens (tertiary/aromatic N) is 3. The second-order valence-electron chi connectivity index (χ2n) is 7.72. The molecule has 1 saturated heterocycles. The van der Waals surface area contributed by atoms with E-state index in [9.17, 15) is 14.0 Å². The smallest absolute Gasteiger partial charge is 0.255 e. The average Bonchev–Trinajstić information content (AvgIpc) is 3.32. The maximum absolute atomic E-state index is 13.4. The van der Waals surface area contributed by atoms with Crippen LogP contribution in [0.5, 0.6) is 11.5 Å². The van der Waals surface area contributed by atoms with Crippen molar-refractivity contribution in [3.63, 3.8) is 0 Å². The Balaban J connectivity index is 1.17. The summed E-state index contributed by atoms with van der Waals surface area (Å²) in [5.41, 5.74) is 1.38. The zero-order chi connectivity index (χ0) is 22.8. The molecule has 3 aromatic rings. The van der Waals surface area contributed by atoms with Gasteiger partial charge in [-0.25, -0.2) is 9.37 Å². The number of fused-ring (bicyclic) bond motifs is 1. The van der Waals surface area contributed by atoms with Crippen molar-refractivity contribution < 1.29 is 23.5 Å². The number of anilines is 2. The lowest BCUT2D eigenvalue weighted by Crippen LogP contribution is -2.49. The van der Waals surface area contributed by atoms with Gasteiger partial charge < -0.3 is 24.6 Å². The number of halogens is 1. The van der Waals surface area contributed by atoms with Gasteiger partial charge >= 0.3 is 0 Å². The van der Waals surface area contributed by atoms with E-state index in [2.05, 4.69) is 15.2 Å². The Kier molecular flexibility index (Phi) is 5.52. The monoisotopic (exact) mass is 448 g/mol. The molecule has 0 saturated carbocycles. The summed E-state index contributed by atoms with van der Waals surface area (Å²) in [4.78, 5) is 33.4. The lowest BCUT2D eigenvalue weighted by Gasteiger charge is -2.35. The minimum absolute atomic E-state index is 0.152. The largest absolute Gasteiger partial charge is 0.454 e. The fourth-order valence-electron chi connectivity index (χ4n) is 3.83. The van der Waals surface area contributed by atoms with Gasteiger partial charge in [0.25, 0.3) is 11.8 Å². The van der Waals surface area contributed by atoms with Crippen LogP contribution >= 0.6 is 0 Å². The Hall–Kier alpha value is -4.14. The number of piperazine rings is 1. The Bertz CT molecular complexity index is 1190. The van der Waals surface area contributed by atoms with Crippen molar-refractivity contribution in [1.29, 1.82) is 0 Å². The van der Waals surface area contributed by atoms with E-state index in [1.54, 1.807) is 41.4 Å². The normalized spacial score (nSPS) is 14.8. The molecular weight excluding hydrogens is 427 g/mol. The summed E-state index contributed by atoms with van der Waals surface area (Å²) in [6.45, 7) is 2.40. The molecule has 1 aromatic heterocycles. The van der Waals surface area contributed by atoms with Gasteiger partial charge in [-0.1, -0.05) is 6.07 Å². The first-order valence-corrected chi connectivity index (χ1v) is 10.5. The third kappa shape index (κ3) is 4.43. The Morgan fingerprint density at radius 2 is 1.73 bits per heavy atom. The minimum Gasteiger partial charge on any atom is -0.454 e. The van der Waals surface area contributed by atoms with Crippen LogP contribution in [-0.2, 0) is 0 Å². The second kappa shape index (κ2) is 8.78. The molecule has 0 radical (unpaired) electrons. The summed E-state index contributed by atoms with van der Waals surface area (Å²) in [7, 11) is 0. The van der Waals surface area contributed by atoms with Crippen molar-refractivity contribution in [2.75, 3.05) is 43.2 Å². The van der Waals surface area contributed by atoms with Crippen molar-refractivity contribution in [1.82, 2.24) is 9.88 Å². The topological polar surface area (TPSA) is 84.0 Å². The molecule has 1 N–H and O–H groups in total. The molecule has 1 fully saturated rings. The van der Waals surface area contributed by atoms with E-state index >= 15 is 0 Å². The zero-order valence-electron chi connectivity index (χ0n) is 17.7. The summed E-state index contributed by atoms with van der Waals surface area (Å²) < 4.78 is 24.0. The van der Waals surface area contributed by atoms with E-state index in [0.29, 0.717) is 54.5 Å². The van der Waals surface area contributed by atoms with Crippen LogP contribution in [0.2, 0.25) is 0 Å². The van der Waals surface area contributed by atoms with Crippen LogP contribution in [0.3, 0.4) is 0 Å². The van der Waals surface area contributed by atoms with Crippen molar-refractivity contribution in [3.05, 3.63) is 77.7 Å². The van der Waals surface area contributed by atoms with Crippen LogP contribution in [0.1, 0.15) is 20.7 Å². The SMILES string of the molecule is O=C(Nc1ccc(N2CCN(C(=O)c3cccc(F)c3)CC2)nc1)c1ccc2c(c1)OCO2. The average molecular weight is 448 g/mol. The van der Waals surface area contributed by atoms with Gasteiger partial charge in [0.2, 0.25) is 6.79 Å². The Morgan fingerprint density at radius 1 is 0.909 bits per heavy atom. The fraction of sp³-hybridized carbons (Fsp3) is 0.208. The van der Waals surface area contributed by atoms with E-state index < -0.39 is 5.82 Å². The van der Waals surface area contributed by atoms with Gasteiger partial charge in [0.05, 0.1) is 11.9 Å². The molecule has 2 aliphatic rings. The quantitative estimate of drug-likeness (QED) is 0.660. The summed E-state index contributed by atoms with van der Waals surface area (Å²) in [6.07, 6.45) is 1.60. The number of aromatic nitrogens is 1. The molecule has 2 amide bonds. The maximum atomic E-state index is 13.4. The first-order valence-electron chi connectivity index (χ1n) is 10.5. The fourth-order valence-corrected chi connectivity index (χ4v) is 3.83. The number of rotatable bonds is 4. The third-order valence-corrected chi connectivity index (χ3v) is 5.60. The molecular formula is C24H21FN4O4. The number of hydrogen-bond acceptors (Lipinski definition) is 6. The molecule has 0 atom stereocenters. The maximum Gasteiger partial charge on any atom is 0.255 e. The predicted octanol–water partition coefficient (Wildman–Crippen LogP) is 3.16.